The molecule has 1 aliphatic heterocycles. The zero-order chi connectivity index (χ0) is 10.1. The van der Waals surface area contributed by atoms with Gasteiger partial charge < -0.3 is 10.6 Å². The smallest absolute Gasteiger partial charge is 0.236 e. The largest absolute Gasteiger partial charge is 0.343 e. The number of likely N-dealkylation sites (N-methyl/N-ethyl adjacent to an activating group) is 1. The first-order chi connectivity index (χ1) is 5.88. The number of hydrogen-bond acceptors (Lipinski definition) is 3. The Bertz CT molecular complexity index is 203. The number of piperazine rings is 1. The lowest BCUT2D eigenvalue weighted by molar-refractivity contribution is -0.134. The lowest BCUT2D eigenvalue weighted by Gasteiger charge is -2.35. The summed E-state index contributed by atoms with van der Waals surface area (Å²) in [5.74, 6) is 0.190. The Morgan fingerprint density at radius 3 is 2.43 bits per heavy atom. The van der Waals surface area contributed by atoms with Crippen LogP contribution in [0.3, 0.4) is 0 Å². The summed E-state index contributed by atoms with van der Waals surface area (Å²) in [6.45, 7) is 7.01. The number of rotatable bonds is 2. The normalized spacial score (nSPS) is 19.4. The monoisotopic (exact) mass is 221 g/mol. The van der Waals surface area contributed by atoms with Crippen molar-refractivity contribution < 1.29 is 4.79 Å². The lowest BCUT2D eigenvalue weighted by Crippen LogP contribution is -2.54. The van der Waals surface area contributed by atoms with Crippen molar-refractivity contribution in [1.29, 1.82) is 0 Å². The third-order valence-electron chi connectivity index (χ3n) is 2.17. The molecule has 1 amide bonds. The van der Waals surface area contributed by atoms with Gasteiger partial charge in [0.1, 0.15) is 0 Å². The molecule has 1 heterocycles. The second kappa shape index (κ2) is 4.96. The van der Waals surface area contributed by atoms with E-state index in [0.717, 1.165) is 19.6 Å². The third kappa shape index (κ3) is 4.26. The molecule has 0 aromatic carbocycles. The van der Waals surface area contributed by atoms with Gasteiger partial charge in [0.15, 0.2) is 0 Å². The fourth-order valence-electron chi connectivity index (χ4n) is 1.52. The zero-order valence-corrected chi connectivity index (χ0v) is 9.93. The van der Waals surface area contributed by atoms with E-state index in [1.54, 1.807) is 4.90 Å². The number of carbonyl (C=O) groups is 1. The minimum atomic E-state index is -0.212. The SMILES string of the molecule is CN1CCN(CC(C)(C)N)CC1=O.Cl. The second-order valence-electron chi connectivity index (χ2n) is 4.51. The molecule has 84 valence electrons. The van der Waals surface area contributed by atoms with Crippen LogP contribution >= 0.6 is 12.4 Å². The van der Waals surface area contributed by atoms with Gasteiger partial charge in [-0.25, -0.2) is 0 Å². The van der Waals surface area contributed by atoms with Crippen LogP contribution in [-0.4, -0.2) is 54.5 Å². The van der Waals surface area contributed by atoms with E-state index in [4.69, 9.17) is 5.73 Å². The highest BCUT2D eigenvalue weighted by molar-refractivity contribution is 5.85. The molecule has 0 radical (unpaired) electrons. The Morgan fingerprint density at radius 1 is 1.43 bits per heavy atom. The molecule has 0 bridgehead atoms. The highest BCUT2D eigenvalue weighted by Gasteiger charge is 2.24. The van der Waals surface area contributed by atoms with Gasteiger partial charge in [0.25, 0.3) is 0 Å². The number of amides is 1. The van der Waals surface area contributed by atoms with Crippen LogP contribution in [0.15, 0.2) is 0 Å². The van der Waals surface area contributed by atoms with E-state index >= 15 is 0 Å². The molecule has 2 N–H and O–H groups in total. The van der Waals surface area contributed by atoms with Crippen molar-refractivity contribution in [2.75, 3.05) is 33.2 Å². The number of hydrogen-bond donors (Lipinski definition) is 1. The van der Waals surface area contributed by atoms with Gasteiger partial charge in [-0.15, -0.1) is 12.4 Å². The van der Waals surface area contributed by atoms with E-state index in [0.29, 0.717) is 6.54 Å². The maximum absolute atomic E-state index is 11.3. The molecule has 1 aliphatic rings. The van der Waals surface area contributed by atoms with Crippen LogP contribution in [0.1, 0.15) is 13.8 Å². The Labute approximate surface area is 91.8 Å². The van der Waals surface area contributed by atoms with Crippen LogP contribution in [0.4, 0.5) is 0 Å². The van der Waals surface area contributed by atoms with E-state index in [-0.39, 0.29) is 23.9 Å². The molecule has 0 saturated carbocycles. The molecule has 1 fully saturated rings. The van der Waals surface area contributed by atoms with Crippen LogP contribution < -0.4 is 5.73 Å². The molecular weight excluding hydrogens is 202 g/mol. The summed E-state index contributed by atoms with van der Waals surface area (Å²) >= 11 is 0. The molecule has 1 saturated heterocycles. The molecule has 0 unspecified atom stereocenters. The number of halogens is 1. The molecule has 0 atom stereocenters. The predicted octanol–water partition coefficient (Wildman–Crippen LogP) is -0.0805. The predicted molar refractivity (Wildman–Crippen MR) is 59.6 cm³/mol. The van der Waals surface area contributed by atoms with Crippen molar-refractivity contribution in [2.45, 2.75) is 19.4 Å². The Kier molecular flexibility index (Phi) is 4.84. The molecule has 0 spiro atoms. The summed E-state index contributed by atoms with van der Waals surface area (Å²) in [6, 6.07) is 0. The minimum Gasteiger partial charge on any atom is -0.343 e. The summed E-state index contributed by atoms with van der Waals surface area (Å²) in [6.07, 6.45) is 0. The first kappa shape index (κ1) is 13.7. The summed E-state index contributed by atoms with van der Waals surface area (Å²) in [5.41, 5.74) is 5.67. The lowest BCUT2D eigenvalue weighted by atomic mass is 10.1. The van der Waals surface area contributed by atoms with Gasteiger partial charge in [0.2, 0.25) is 5.91 Å². The molecule has 4 nitrogen and oxygen atoms in total. The van der Waals surface area contributed by atoms with E-state index in [1.165, 1.54) is 0 Å². The summed E-state index contributed by atoms with van der Waals surface area (Å²) in [7, 11) is 1.84. The standard InChI is InChI=1S/C9H19N3O.ClH/c1-9(2,10)7-12-5-4-11(3)8(13)6-12;/h4-7,10H2,1-3H3;1H. The van der Waals surface area contributed by atoms with Gasteiger partial charge in [0, 0.05) is 32.2 Å². The van der Waals surface area contributed by atoms with Gasteiger partial charge in [-0.1, -0.05) is 0 Å². The van der Waals surface area contributed by atoms with Gasteiger partial charge in [0.05, 0.1) is 6.54 Å². The van der Waals surface area contributed by atoms with E-state index in [1.807, 2.05) is 20.9 Å². The maximum Gasteiger partial charge on any atom is 0.236 e. The molecule has 0 aromatic rings. The van der Waals surface area contributed by atoms with Crippen LogP contribution in [0.2, 0.25) is 0 Å². The third-order valence-corrected chi connectivity index (χ3v) is 2.17. The highest BCUT2D eigenvalue weighted by atomic mass is 35.5. The van der Waals surface area contributed by atoms with Crippen LogP contribution in [0.25, 0.3) is 0 Å². The number of nitrogens with zero attached hydrogens (tertiary/aromatic N) is 2. The van der Waals surface area contributed by atoms with Gasteiger partial charge in [-0.2, -0.15) is 0 Å². The average Bonchev–Trinajstić information content (AvgIpc) is 1.94. The first-order valence-electron chi connectivity index (χ1n) is 4.64. The Balaban J connectivity index is 0.00000169. The van der Waals surface area contributed by atoms with Gasteiger partial charge in [-0.3, -0.25) is 9.69 Å². The fraction of sp³-hybridized carbons (Fsp3) is 0.889. The maximum atomic E-state index is 11.3. The van der Waals surface area contributed by atoms with Crippen molar-refractivity contribution in [1.82, 2.24) is 9.80 Å². The summed E-state index contributed by atoms with van der Waals surface area (Å²) in [5, 5.41) is 0. The average molecular weight is 222 g/mol. The summed E-state index contributed by atoms with van der Waals surface area (Å²) in [4.78, 5) is 15.2. The molecule has 1 rings (SSSR count). The Hall–Kier alpha value is -0.320. The quantitative estimate of drug-likeness (QED) is 0.710. The zero-order valence-electron chi connectivity index (χ0n) is 9.12. The van der Waals surface area contributed by atoms with Crippen molar-refractivity contribution in [3.8, 4) is 0 Å². The highest BCUT2D eigenvalue weighted by Crippen LogP contribution is 2.06. The summed E-state index contributed by atoms with van der Waals surface area (Å²) < 4.78 is 0. The number of carbonyl (C=O) groups excluding carboxylic acids is 1. The molecule has 0 aromatic heterocycles. The van der Waals surface area contributed by atoms with E-state index in [9.17, 15) is 4.79 Å². The number of nitrogens with two attached hydrogens (primary N) is 1. The second-order valence-corrected chi connectivity index (χ2v) is 4.51. The molecular formula is C9H20ClN3O. The Morgan fingerprint density at radius 2 is 2.00 bits per heavy atom. The van der Waals surface area contributed by atoms with E-state index in [2.05, 4.69) is 4.90 Å². The molecule has 5 heteroatoms. The van der Waals surface area contributed by atoms with Crippen molar-refractivity contribution in [3.05, 3.63) is 0 Å². The van der Waals surface area contributed by atoms with E-state index < -0.39 is 0 Å². The fourth-order valence-corrected chi connectivity index (χ4v) is 1.52. The van der Waals surface area contributed by atoms with Crippen molar-refractivity contribution in [2.24, 2.45) is 5.73 Å². The topological polar surface area (TPSA) is 49.6 Å². The minimum absolute atomic E-state index is 0. The van der Waals surface area contributed by atoms with Crippen LogP contribution in [0, 0.1) is 0 Å². The molecule has 0 aliphatic carbocycles. The van der Waals surface area contributed by atoms with Crippen LogP contribution in [0.5, 0.6) is 0 Å². The molecule has 14 heavy (non-hydrogen) atoms. The van der Waals surface area contributed by atoms with Crippen LogP contribution in [-0.2, 0) is 4.79 Å². The van der Waals surface area contributed by atoms with Gasteiger partial charge in [-0.05, 0) is 13.8 Å². The van der Waals surface area contributed by atoms with Gasteiger partial charge >= 0.3 is 0 Å². The van der Waals surface area contributed by atoms with Crippen molar-refractivity contribution in [3.63, 3.8) is 0 Å². The van der Waals surface area contributed by atoms with Crippen molar-refractivity contribution >= 4 is 18.3 Å². The first-order valence-corrected chi connectivity index (χ1v) is 4.64.